The fourth-order valence-electron chi connectivity index (χ4n) is 3.87. The highest BCUT2D eigenvalue weighted by molar-refractivity contribution is 5.90. The average molecular weight is 535 g/mol. The maximum atomic E-state index is 11.9. The van der Waals surface area contributed by atoms with Crippen molar-refractivity contribution in [3.8, 4) is 40.1 Å². The van der Waals surface area contributed by atoms with Gasteiger partial charge in [-0.25, -0.2) is 4.42 Å². The summed E-state index contributed by atoms with van der Waals surface area (Å²) >= 11 is 0. The first-order valence-electron chi connectivity index (χ1n) is 11.0. The van der Waals surface area contributed by atoms with Crippen LogP contribution in [0, 0.1) is 0 Å². The van der Waals surface area contributed by atoms with Crippen LogP contribution in [-0.4, -0.2) is 90.1 Å². The number of aliphatic hydroxyl groups excluding tert-OH is 3. The minimum absolute atomic E-state index is 0.0216. The van der Waals surface area contributed by atoms with Crippen molar-refractivity contribution in [1.82, 2.24) is 0 Å². The van der Waals surface area contributed by atoms with Gasteiger partial charge in [0.05, 0.1) is 18.2 Å². The van der Waals surface area contributed by atoms with Crippen LogP contribution in [0.5, 0.6) is 28.7 Å². The number of hydrogen-bond acceptors (Lipinski definition) is 12. The van der Waals surface area contributed by atoms with Crippen LogP contribution in [-0.2, 0) is 19.1 Å². The van der Waals surface area contributed by atoms with Crippen molar-refractivity contribution in [2.75, 3.05) is 6.61 Å². The molecule has 0 radical (unpaired) electrons. The number of fused-ring (bicyclic) bond motifs is 1. The molecule has 1 saturated heterocycles. The Morgan fingerprint density at radius 2 is 1.68 bits per heavy atom. The van der Waals surface area contributed by atoms with Gasteiger partial charge in [0, 0.05) is 18.2 Å². The summed E-state index contributed by atoms with van der Waals surface area (Å²) in [6, 6.07) is 7.05. The average Bonchev–Trinajstić information content (AvgIpc) is 2.84. The molecule has 1 aromatic heterocycles. The number of benzene rings is 2. The lowest BCUT2D eigenvalue weighted by molar-refractivity contribution is -0.281. The summed E-state index contributed by atoms with van der Waals surface area (Å²) < 4.78 is 21.9. The number of carboxylic acids is 1. The van der Waals surface area contributed by atoms with Crippen molar-refractivity contribution in [1.29, 1.82) is 0 Å². The predicted molar refractivity (Wildman–Crippen MR) is 123 cm³/mol. The van der Waals surface area contributed by atoms with Gasteiger partial charge in [-0.3, -0.25) is 9.59 Å². The van der Waals surface area contributed by atoms with E-state index < -0.39 is 72.9 Å². The van der Waals surface area contributed by atoms with Crippen LogP contribution < -0.4 is 4.74 Å². The van der Waals surface area contributed by atoms with E-state index in [1.165, 1.54) is 18.2 Å². The normalized spacial score (nSPS) is 23.2. The summed E-state index contributed by atoms with van der Waals surface area (Å²) in [6.45, 7) is -0.804. The van der Waals surface area contributed by atoms with E-state index in [0.29, 0.717) is 0 Å². The molecule has 0 spiro atoms. The minimum atomic E-state index is -1.91. The van der Waals surface area contributed by atoms with Gasteiger partial charge >= 0.3 is 23.3 Å². The van der Waals surface area contributed by atoms with E-state index in [-0.39, 0.29) is 33.8 Å². The van der Waals surface area contributed by atoms with Crippen molar-refractivity contribution in [2.24, 2.45) is 0 Å². The maximum Gasteiger partial charge on any atom is 0.402 e. The fourth-order valence-corrected chi connectivity index (χ4v) is 3.87. The van der Waals surface area contributed by atoms with Gasteiger partial charge < -0.3 is 55.1 Å². The molecule has 0 amide bonds. The number of aromatic hydroxyl groups is 4. The predicted octanol–water partition coefficient (Wildman–Crippen LogP) is 0.408. The lowest BCUT2D eigenvalue weighted by atomic mass is 9.99. The third-order valence-corrected chi connectivity index (χ3v) is 5.68. The summed E-state index contributed by atoms with van der Waals surface area (Å²) in [5, 5.41) is 79.5. The topological polar surface area (TPSA) is 235 Å². The molecule has 0 saturated carbocycles. The van der Waals surface area contributed by atoms with Gasteiger partial charge in [0.15, 0.2) is 23.7 Å². The van der Waals surface area contributed by atoms with E-state index in [1.807, 2.05) is 0 Å². The highest BCUT2D eigenvalue weighted by Crippen LogP contribution is 2.42. The molecule has 2 aromatic carbocycles. The molecule has 1 fully saturated rings. The van der Waals surface area contributed by atoms with Crippen molar-refractivity contribution < 1.29 is 69.1 Å². The maximum absolute atomic E-state index is 11.9. The lowest BCUT2D eigenvalue weighted by Gasteiger charge is -2.40. The van der Waals surface area contributed by atoms with Crippen molar-refractivity contribution in [3.05, 3.63) is 36.4 Å². The molecule has 0 bridgehead atoms. The largest absolute Gasteiger partial charge is 0.507 e. The van der Waals surface area contributed by atoms with Gasteiger partial charge in [-0.05, 0) is 12.1 Å². The number of phenols is 4. The van der Waals surface area contributed by atoms with E-state index in [4.69, 9.17) is 23.7 Å². The quantitative estimate of drug-likeness (QED) is 0.0885. The monoisotopic (exact) mass is 535 g/mol. The molecule has 5 atom stereocenters. The van der Waals surface area contributed by atoms with E-state index in [2.05, 4.69) is 0 Å². The molecule has 202 valence electrons. The van der Waals surface area contributed by atoms with Crippen LogP contribution in [0.4, 0.5) is 0 Å². The summed E-state index contributed by atoms with van der Waals surface area (Å²) in [5.74, 6) is -4.86. The van der Waals surface area contributed by atoms with E-state index in [1.54, 1.807) is 0 Å². The molecule has 1 aliphatic heterocycles. The van der Waals surface area contributed by atoms with Gasteiger partial charge in [-0.1, -0.05) is 0 Å². The van der Waals surface area contributed by atoms with E-state index in [0.717, 1.165) is 18.2 Å². The molecule has 14 heteroatoms. The van der Waals surface area contributed by atoms with Gasteiger partial charge in [-0.15, -0.1) is 0 Å². The number of aliphatic hydroxyl groups is 3. The number of ether oxygens (including phenoxy) is 3. The molecular weight excluding hydrogens is 512 g/mol. The Bertz CT molecular complexity index is 1370. The SMILES string of the molecule is O=C(O)CC(=O)OC1C(O)[C@H](Oc2cc3c(O)cc(O)cc3[o+]c2-c2ccc(O)c(O)c2)OC(CO)[C@H]1O. The molecule has 1 aliphatic rings. The zero-order chi connectivity index (χ0) is 27.7. The van der Waals surface area contributed by atoms with Crippen LogP contribution >= 0.6 is 0 Å². The number of rotatable bonds is 7. The molecule has 3 aromatic rings. The number of carbonyl (C=O) groups excluding carboxylic acids is 1. The van der Waals surface area contributed by atoms with Gasteiger partial charge in [0.2, 0.25) is 12.0 Å². The molecule has 3 unspecified atom stereocenters. The number of hydrogen-bond donors (Lipinski definition) is 8. The van der Waals surface area contributed by atoms with Crippen LogP contribution in [0.2, 0.25) is 0 Å². The van der Waals surface area contributed by atoms with Crippen molar-refractivity contribution in [3.63, 3.8) is 0 Å². The van der Waals surface area contributed by atoms with Gasteiger partial charge in [-0.2, -0.15) is 0 Å². The second-order valence-corrected chi connectivity index (χ2v) is 8.37. The summed E-state index contributed by atoms with van der Waals surface area (Å²) in [4.78, 5) is 22.7. The van der Waals surface area contributed by atoms with Gasteiger partial charge in [0.1, 0.15) is 35.5 Å². The standard InChI is InChI=1S/C24H22O14/c25-8-17-20(33)23(38-19(32)7-18(30)31)21(34)24(37-17)36-16-6-11-13(28)4-10(26)5-15(11)35-22(16)9-1-2-12(27)14(29)3-9/h1-6,17,20-21,23-25,33-34H,7-8H2,(H4-,26,27,28,29,30,31)/p+1/t17?,20-,21?,23?,24-/m1/s1. The Morgan fingerprint density at radius 3 is 2.34 bits per heavy atom. The highest BCUT2D eigenvalue weighted by atomic mass is 16.7. The van der Waals surface area contributed by atoms with E-state index in [9.17, 15) is 45.3 Å². The van der Waals surface area contributed by atoms with Crippen LogP contribution in [0.15, 0.2) is 40.8 Å². The van der Waals surface area contributed by atoms with Gasteiger partial charge in [0.25, 0.3) is 0 Å². The second-order valence-electron chi connectivity index (χ2n) is 8.37. The first-order chi connectivity index (χ1) is 18.0. The number of phenolic OH excluding ortho intramolecular Hbond substituents is 4. The summed E-state index contributed by atoms with van der Waals surface area (Å²) in [7, 11) is 0. The second kappa shape index (κ2) is 10.5. The van der Waals surface area contributed by atoms with Crippen LogP contribution in [0.3, 0.4) is 0 Å². The Morgan fingerprint density at radius 1 is 0.947 bits per heavy atom. The number of esters is 1. The molecule has 8 N–H and O–H groups in total. The lowest BCUT2D eigenvalue weighted by Crippen LogP contribution is -2.61. The van der Waals surface area contributed by atoms with Crippen molar-refractivity contribution in [2.45, 2.75) is 37.1 Å². The Kier molecular flexibility index (Phi) is 7.41. The third-order valence-electron chi connectivity index (χ3n) is 5.68. The van der Waals surface area contributed by atoms with Crippen LogP contribution in [0.25, 0.3) is 22.3 Å². The number of aliphatic carboxylic acids is 1. The van der Waals surface area contributed by atoms with Crippen LogP contribution in [0.1, 0.15) is 6.42 Å². The molecule has 38 heavy (non-hydrogen) atoms. The highest BCUT2D eigenvalue weighted by Gasteiger charge is 2.48. The number of carboxylic acid groups (broad SMARTS) is 1. The first-order valence-corrected chi connectivity index (χ1v) is 11.0. The minimum Gasteiger partial charge on any atom is -0.507 e. The Labute approximate surface area is 212 Å². The fraction of sp³-hybridized carbons (Fsp3) is 0.292. The molecule has 2 heterocycles. The number of carbonyl (C=O) groups is 2. The summed E-state index contributed by atoms with van der Waals surface area (Å²) in [5.41, 5.74) is 0.111. The molecule has 4 rings (SSSR count). The smallest absolute Gasteiger partial charge is 0.402 e. The third kappa shape index (κ3) is 5.33. The summed E-state index contributed by atoms with van der Waals surface area (Å²) in [6.07, 6.45) is -9.66. The molecule has 0 aliphatic carbocycles. The Balaban J connectivity index is 1.77. The van der Waals surface area contributed by atoms with E-state index >= 15 is 0 Å². The zero-order valence-corrected chi connectivity index (χ0v) is 19.3. The first kappa shape index (κ1) is 26.7. The van der Waals surface area contributed by atoms with Crippen molar-refractivity contribution >= 4 is 22.9 Å². The molecule has 14 nitrogen and oxygen atoms in total. The zero-order valence-electron chi connectivity index (χ0n) is 19.3. The molecular formula is C24H23O14+. The Hall–Kier alpha value is -4.37.